The zero-order valence-corrected chi connectivity index (χ0v) is 15.8. The van der Waals surface area contributed by atoms with Gasteiger partial charge in [-0.2, -0.15) is 13.2 Å². The van der Waals surface area contributed by atoms with Crippen LogP contribution in [-0.4, -0.2) is 65.4 Å². The molecule has 0 aromatic carbocycles. The molecule has 1 N–H and O–H groups in total. The first-order chi connectivity index (χ1) is 12.6. The molecule has 0 spiro atoms. The van der Waals surface area contributed by atoms with Gasteiger partial charge in [-0.1, -0.05) is 6.92 Å². The molecule has 27 heavy (non-hydrogen) atoms. The first-order valence-corrected chi connectivity index (χ1v) is 9.55. The number of alkyl halides is 3. The third-order valence-electron chi connectivity index (χ3n) is 5.24. The van der Waals surface area contributed by atoms with Gasteiger partial charge in [0.15, 0.2) is 0 Å². The highest BCUT2D eigenvalue weighted by Gasteiger charge is 2.49. The second-order valence-corrected chi connectivity index (χ2v) is 7.45. The molecule has 6 nitrogen and oxygen atoms in total. The molecule has 0 aromatic heterocycles. The van der Waals surface area contributed by atoms with Gasteiger partial charge in [0.2, 0.25) is 17.7 Å². The SMILES string of the molecule is CCCC(=O)N1CCC[C@H](C(=O)N2C[C@@H](NC(C)=O)CC[C@H]2C(F)(F)F)C1. The standard InChI is InChI=1S/C18H28F3N3O3/c1-3-5-16(26)23-9-4-6-13(10-23)17(27)24-11-14(22-12(2)25)7-8-15(24)18(19,20)21/h13-15H,3-11H2,1-2H3,(H,22,25)/t13-,14-,15-/m0/s1. The lowest BCUT2D eigenvalue weighted by Crippen LogP contribution is -2.60. The maximum Gasteiger partial charge on any atom is 0.408 e. The number of hydrogen-bond acceptors (Lipinski definition) is 3. The highest BCUT2D eigenvalue weighted by atomic mass is 19.4. The molecule has 0 saturated carbocycles. The van der Waals surface area contributed by atoms with Gasteiger partial charge in [0.1, 0.15) is 6.04 Å². The number of hydrogen-bond donors (Lipinski definition) is 1. The van der Waals surface area contributed by atoms with Crippen LogP contribution in [-0.2, 0) is 14.4 Å². The molecule has 2 rings (SSSR count). The quantitative estimate of drug-likeness (QED) is 0.798. The number of piperidine rings is 2. The summed E-state index contributed by atoms with van der Waals surface area (Å²) in [5, 5.41) is 2.62. The minimum atomic E-state index is -4.51. The highest BCUT2D eigenvalue weighted by Crippen LogP contribution is 2.34. The number of nitrogens with one attached hydrogen (secondary N) is 1. The van der Waals surface area contributed by atoms with Crippen molar-refractivity contribution in [3.8, 4) is 0 Å². The predicted octanol–water partition coefficient (Wildman–Crippen LogP) is 2.08. The molecule has 154 valence electrons. The van der Waals surface area contributed by atoms with Crippen LogP contribution in [0.15, 0.2) is 0 Å². The number of halogens is 3. The molecule has 9 heteroatoms. The molecular formula is C18H28F3N3O3. The molecule has 0 bridgehead atoms. The van der Waals surface area contributed by atoms with E-state index >= 15 is 0 Å². The highest BCUT2D eigenvalue weighted by molar-refractivity contribution is 5.82. The molecule has 3 atom stereocenters. The fourth-order valence-electron chi connectivity index (χ4n) is 3.97. The summed E-state index contributed by atoms with van der Waals surface area (Å²) in [6.07, 6.45) is -2.42. The lowest BCUT2D eigenvalue weighted by Gasteiger charge is -2.43. The van der Waals surface area contributed by atoms with Gasteiger partial charge >= 0.3 is 6.18 Å². The fraction of sp³-hybridized carbons (Fsp3) is 0.833. The van der Waals surface area contributed by atoms with Crippen molar-refractivity contribution < 1.29 is 27.6 Å². The molecule has 2 aliphatic heterocycles. The number of nitrogens with zero attached hydrogens (tertiary/aromatic N) is 2. The smallest absolute Gasteiger partial charge is 0.352 e. The van der Waals surface area contributed by atoms with Crippen molar-refractivity contribution in [2.75, 3.05) is 19.6 Å². The van der Waals surface area contributed by atoms with E-state index in [1.165, 1.54) is 6.92 Å². The van der Waals surface area contributed by atoms with Crippen molar-refractivity contribution in [1.29, 1.82) is 0 Å². The van der Waals surface area contributed by atoms with Crippen molar-refractivity contribution in [2.45, 2.75) is 70.6 Å². The van der Waals surface area contributed by atoms with E-state index in [1.807, 2.05) is 6.92 Å². The van der Waals surface area contributed by atoms with E-state index in [-0.39, 0.29) is 37.7 Å². The normalized spacial score (nSPS) is 26.6. The Kier molecular flexibility index (Phi) is 7.11. The summed E-state index contributed by atoms with van der Waals surface area (Å²) >= 11 is 0. The van der Waals surface area contributed by atoms with E-state index < -0.39 is 30.1 Å². The number of carbonyl (C=O) groups excluding carboxylic acids is 3. The van der Waals surface area contributed by atoms with Crippen LogP contribution in [0.2, 0.25) is 0 Å². The largest absolute Gasteiger partial charge is 0.408 e. The maximum absolute atomic E-state index is 13.5. The van der Waals surface area contributed by atoms with E-state index in [1.54, 1.807) is 4.90 Å². The van der Waals surface area contributed by atoms with E-state index in [2.05, 4.69) is 5.32 Å². The molecule has 3 amide bonds. The van der Waals surface area contributed by atoms with Gasteiger partial charge in [0.05, 0.1) is 5.92 Å². The van der Waals surface area contributed by atoms with Gasteiger partial charge < -0.3 is 15.1 Å². The maximum atomic E-state index is 13.5. The van der Waals surface area contributed by atoms with Gasteiger partial charge in [-0.3, -0.25) is 14.4 Å². The van der Waals surface area contributed by atoms with Crippen molar-refractivity contribution in [1.82, 2.24) is 15.1 Å². The molecule has 2 fully saturated rings. The topological polar surface area (TPSA) is 69.7 Å². The summed E-state index contributed by atoms with van der Waals surface area (Å²) in [7, 11) is 0. The van der Waals surface area contributed by atoms with Crippen LogP contribution >= 0.6 is 0 Å². The van der Waals surface area contributed by atoms with Crippen LogP contribution in [0, 0.1) is 5.92 Å². The minimum absolute atomic E-state index is 0.0582. The Morgan fingerprint density at radius 1 is 1.11 bits per heavy atom. The molecule has 2 saturated heterocycles. The van der Waals surface area contributed by atoms with E-state index in [9.17, 15) is 27.6 Å². The van der Waals surface area contributed by atoms with Crippen LogP contribution in [0.5, 0.6) is 0 Å². The fourth-order valence-corrected chi connectivity index (χ4v) is 3.97. The van der Waals surface area contributed by atoms with E-state index in [0.717, 1.165) is 4.90 Å². The Bertz CT molecular complexity index is 568. The predicted molar refractivity (Wildman–Crippen MR) is 92.6 cm³/mol. The molecular weight excluding hydrogens is 363 g/mol. The zero-order chi connectivity index (χ0) is 20.2. The monoisotopic (exact) mass is 391 g/mol. The summed E-state index contributed by atoms with van der Waals surface area (Å²) < 4.78 is 40.4. The molecule has 2 aliphatic rings. The van der Waals surface area contributed by atoms with Crippen LogP contribution in [0.4, 0.5) is 13.2 Å². The average Bonchev–Trinajstić information content (AvgIpc) is 2.60. The van der Waals surface area contributed by atoms with Crippen molar-refractivity contribution >= 4 is 17.7 Å². The molecule has 0 aliphatic carbocycles. The van der Waals surface area contributed by atoms with Gasteiger partial charge in [-0.05, 0) is 32.1 Å². The van der Waals surface area contributed by atoms with Crippen LogP contribution < -0.4 is 5.32 Å². The molecule has 0 aromatic rings. The lowest BCUT2D eigenvalue weighted by atomic mass is 9.91. The number of carbonyl (C=O) groups is 3. The second kappa shape index (κ2) is 8.93. The summed E-state index contributed by atoms with van der Waals surface area (Å²) in [4.78, 5) is 38.8. The first kappa shape index (κ1) is 21.5. The molecule has 0 unspecified atom stereocenters. The Labute approximate surface area is 157 Å². The van der Waals surface area contributed by atoms with Gasteiger partial charge in [-0.25, -0.2) is 0 Å². The Morgan fingerprint density at radius 2 is 1.81 bits per heavy atom. The third-order valence-corrected chi connectivity index (χ3v) is 5.24. The van der Waals surface area contributed by atoms with E-state index in [4.69, 9.17) is 0 Å². The Hall–Kier alpha value is -1.80. The number of likely N-dealkylation sites (tertiary alicyclic amines) is 2. The minimum Gasteiger partial charge on any atom is -0.352 e. The first-order valence-electron chi connectivity index (χ1n) is 9.55. The molecule has 0 radical (unpaired) electrons. The number of amides is 3. The summed E-state index contributed by atoms with van der Waals surface area (Å²) in [5.74, 6) is -1.58. The summed E-state index contributed by atoms with van der Waals surface area (Å²) in [6.45, 7) is 3.75. The Balaban J connectivity index is 2.12. The van der Waals surface area contributed by atoms with Crippen molar-refractivity contribution in [3.63, 3.8) is 0 Å². The van der Waals surface area contributed by atoms with Crippen LogP contribution in [0.1, 0.15) is 52.4 Å². The van der Waals surface area contributed by atoms with Gasteiger partial charge in [0, 0.05) is 39.0 Å². The average molecular weight is 391 g/mol. The number of rotatable bonds is 4. The van der Waals surface area contributed by atoms with Crippen LogP contribution in [0.3, 0.4) is 0 Å². The second-order valence-electron chi connectivity index (χ2n) is 7.45. The van der Waals surface area contributed by atoms with E-state index in [0.29, 0.717) is 32.2 Å². The zero-order valence-electron chi connectivity index (χ0n) is 15.8. The molecule has 2 heterocycles. The van der Waals surface area contributed by atoms with Crippen molar-refractivity contribution in [2.24, 2.45) is 5.92 Å². The Morgan fingerprint density at radius 3 is 2.41 bits per heavy atom. The summed E-state index contributed by atoms with van der Waals surface area (Å²) in [5.41, 5.74) is 0. The van der Waals surface area contributed by atoms with Gasteiger partial charge in [0.25, 0.3) is 0 Å². The lowest BCUT2D eigenvalue weighted by molar-refractivity contribution is -0.199. The van der Waals surface area contributed by atoms with Gasteiger partial charge in [-0.15, -0.1) is 0 Å². The van der Waals surface area contributed by atoms with Crippen molar-refractivity contribution in [3.05, 3.63) is 0 Å². The summed E-state index contributed by atoms with van der Waals surface area (Å²) in [6, 6.07) is -2.32. The third kappa shape index (κ3) is 5.59. The van der Waals surface area contributed by atoms with Crippen LogP contribution in [0.25, 0.3) is 0 Å².